The van der Waals surface area contributed by atoms with E-state index < -0.39 is 22.5 Å². The van der Waals surface area contributed by atoms with Crippen LogP contribution in [0.1, 0.15) is 18.9 Å². The van der Waals surface area contributed by atoms with E-state index in [0.29, 0.717) is 31.9 Å². The number of anilines is 1. The van der Waals surface area contributed by atoms with Gasteiger partial charge in [-0.15, -0.1) is 0 Å². The minimum absolute atomic E-state index is 0.0834. The van der Waals surface area contributed by atoms with Crippen molar-refractivity contribution in [2.24, 2.45) is 0 Å². The Kier molecular flexibility index (Phi) is 9.14. The zero-order chi connectivity index (χ0) is 22.9. The summed E-state index contributed by atoms with van der Waals surface area (Å²) in [5.41, 5.74) is 1.17. The van der Waals surface area contributed by atoms with Gasteiger partial charge in [-0.25, -0.2) is 8.42 Å². The van der Waals surface area contributed by atoms with Crippen molar-refractivity contribution in [3.8, 4) is 11.5 Å². The lowest BCUT2D eigenvalue weighted by Gasteiger charge is -2.26. The Balaban J connectivity index is 2.36. The summed E-state index contributed by atoms with van der Waals surface area (Å²) in [6.45, 7) is 4.89. The molecule has 9 heteroatoms. The highest BCUT2D eigenvalue weighted by Crippen LogP contribution is 2.35. The van der Waals surface area contributed by atoms with Crippen LogP contribution in [-0.4, -0.2) is 54.8 Å². The molecule has 170 valence electrons. The van der Waals surface area contributed by atoms with Crippen LogP contribution in [-0.2, 0) is 19.6 Å². The molecule has 0 saturated heterocycles. The summed E-state index contributed by atoms with van der Waals surface area (Å²) < 4.78 is 43.8. The van der Waals surface area contributed by atoms with E-state index in [1.54, 1.807) is 30.3 Å². The Labute approximate surface area is 184 Å². The lowest BCUT2D eigenvalue weighted by molar-refractivity contribution is -0.119. The monoisotopic (exact) mass is 450 g/mol. The van der Waals surface area contributed by atoms with Crippen molar-refractivity contribution in [3.63, 3.8) is 0 Å². The molecule has 0 fully saturated rings. The molecular weight excluding hydrogens is 420 g/mol. The first-order chi connectivity index (χ1) is 14.8. The number of hydrogen-bond acceptors (Lipinski definition) is 6. The van der Waals surface area contributed by atoms with E-state index in [9.17, 15) is 13.2 Å². The van der Waals surface area contributed by atoms with Gasteiger partial charge < -0.3 is 19.5 Å². The molecular formula is C22H30N2O6S. The predicted molar refractivity (Wildman–Crippen MR) is 119 cm³/mol. The van der Waals surface area contributed by atoms with Gasteiger partial charge in [0.15, 0.2) is 0 Å². The Bertz CT molecular complexity index is 960. The summed E-state index contributed by atoms with van der Waals surface area (Å²) in [5.74, 6) is 0.359. The first-order valence-corrected chi connectivity index (χ1v) is 11.4. The van der Waals surface area contributed by atoms with E-state index in [1.165, 1.54) is 26.4 Å². The lowest BCUT2D eigenvalue weighted by atomic mass is 10.2. The molecule has 8 nitrogen and oxygen atoms in total. The average Bonchev–Trinajstić information content (AvgIpc) is 2.77. The van der Waals surface area contributed by atoms with E-state index in [4.69, 9.17) is 14.2 Å². The first kappa shape index (κ1) is 24.5. The van der Waals surface area contributed by atoms with Crippen LogP contribution >= 0.6 is 0 Å². The quantitative estimate of drug-likeness (QED) is 0.500. The van der Waals surface area contributed by atoms with Crippen molar-refractivity contribution in [2.45, 2.75) is 25.2 Å². The normalized spacial score (nSPS) is 11.1. The minimum Gasteiger partial charge on any atom is -0.497 e. The van der Waals surface area contributed by atoms with Crippen LogP contribution in [0.2, 0.25) is 0 Å². The molecule has 0 aliphatic carbocycles. The van der Waals surface area contributed by atoms with Crippen LogP contribution in [0.3, 0.4) is 0 Å². The molecule has 2 aromatic carbocycles. The number of benzene rings is 2. The molecule has 1 amide bonds. The summed E-state index contributed by atoms with van der Waals surface area (Å²) in [6, 6.07) is 11.2. The van der Waals surface area contributed by atoms with Gasteiger partial charge in [0.05, 0.1) is 24.8 Å². The largest absolute Gasteiger partial charge is 0.497 e. The third-order valence-electron chi connectivity index (χ3n) is 4.54. The second-order valence-electron chi connectivity index (χ2n) is 6.76. The van der Waals surface area contributed by atoms with Crippen molar-refractivity contribution in [1.29, 1.82) is 0 Å². The SMILES string of the molecule is CCOCCCNC(=O)CN(c1ccc(OC)cc1OC)S(=O)(=O)c1ccc(C)cc1. The number of sulfonamides is 1. The maximum absolute atomic E-state index is 13.5. The third-order valence-corrected chi connectivity index (χ3v) is 6.32. The molecule has 0 bridgehead atoms. The van der Waals surface area contributed by atoms with Crippen molar-refractivity contribution in [3.05, 3.63) is 48.0 Å². The van der Waals surface area contributed by atoms with Gasteiger partial charge in [-0.05, 0) is 44.5 Å². The number of hydrogen-bond donors (Lipinski definition) is 1. The second kappa shape index (κ2) is 11.6. The highest BCUT2D eigenvalue weighted by molar-refractivity contribution is 7.92. The number of aryl methyl sites for hydroxylation is 1. The maximum Gasteiger partial charge on any atom is 0.264 e. The molecule has 2 aromatic rings. The number of rotatable bonds is 12. The van der Waals surface area contributed by atoms with Gasteiger partial charge in [-0.1, -0.05) is 17.7 Å². The molecule has 0 spiro atoms. The first-order valence-electron chi connectivity index (χ1n) is 9.99. The second-order valence-corrected chi connectivity index (χ2v) is 8.63. The van der Waals surface area contributed by atoms with Crippen molar-refractivity contribution in [2.75, 3.05) is 44.8 Å². The molecule has 0 aromatic heterocycles. The van der Waals surface area contributed by atoms with Gasteiger partial charge in [0, 0.05) is 25.8 Å². The van der Waals surface area contributed by atoms with Crippen molar-refractivity contribution < 1.29 is 27.4 Å². The molecule has 0 aliphatic heterocycles. The van der Waals surface area contributed by atoms with E-state index in [0.717, 1.165) is 9.87 Å². The number of nitrogens with zero attached hydrogens (tertiary/aromatic N) is 1. The highest BCUT2D eigenvalue weighted by Gasteiger charge is 2.29. The highest BCUT2D eigenvalue weighted by atomic mass is 32.2. The lowest BCUT2D eigenvalue weighted by Crippen LogP contribution is -2.41. The van der Waals surface area contributed by atoms with Gasteiger partial charge in [-0.3, -0.25) is 9.10 Å². The fourth-order valence-electron chi connectivity index (χ4n) is 2.86. The summed E-state index contributed by atoms with van der Waals surface area (Å²) in [4.78, 5) is 12.7. The fourth-order valence-corrected chi connectivity index (χ4v) is 4.29. The molecule has 0 unspecified atom stereocenters. The number of carbonyl (C=O) groups excluding carboxylic acids is 1. The molecule has 1 N–H and O–H groups in total. The summed E-state index contributed by atoms with van der Waals surface area (Å²) in [5, 5.41) is 2.74. The minimum atomic E-state index is -4.03. The Morgan fingerprint density at radius 3 is 2.39 bits per heavy atom. The van der Waals surface area contributed by atoms with Crippen LogP contribution in [0.25, 0.3) is 0 Å². The Morgan fingerprint density at radius 2 is 1.77 bits per heavy atom. The zero-order valence-electron chi connectivity index (χ0n) is 18.4. The summed E-state index contributed by atoms with van der Waals surface area (Å²) in [6.07, 6.45) is 0.635. The van der Waals surface area contributed by atoms with Gasteiger partial charge in [0.2, 0.25) is 5.91 Å². The number of carbonyl (C=O) groups is 1. The van der Waals surface area contributed by atoms with E-state index in [1.807, 2.05) is 13.8 Å². The predicted octanol–water partition coefficient (Wildman–Crippen LogP) is 2.75. The number of methoxy groups -OCH3 is 2. The molecule has 31 heavy (non-hydrogen) atoms. The van der Waals surface area contributed by atoms with Crippen LogP contribution in [0, 0.1) is 6.92 Å². The molecule has 0 heterocycles. The van der Waals surface area contributed by atoms with Gasteiger partial charge >= 0.3 is 0 Å². The molecule has 2 rings (SSSR count). The number of ether oxygens (including phenoxy) is 3. The topological polar surface area (TPSA) is 94.2 Å². The van der Waals surface area contributed by atoms with Crippen LogP contribution < -0.4 is 19.1 Å². The van der Waals surface area contributed by atoms with Crippen molar-refractivity contribution in [1.82, 2.24) is 5.32 Å². The van der Waals surface area contributed by atoms with Crippen LogP contribution in [0.5, 0.6) is 11.5 Å². The van der Waals surface area contributed by atoms with Crippen molar-refractivity contribution >= 4 is 21.6 Å². The van der Waals surface area contributed by atoms with E-state index >= 15 is 0 Å². The summed E-state index contributed by atoms with van der Waals surface area (Å²) in [7, 11) is -1.09. The Morgan fingerprint density at radius 1 is 1.06 bits per heavy atom. The fraction of sp³-hybridized carbons (Fsp3) is 0.409. The number of amides is 1. The average molecular weight is 451 g/mol. The zero-order valence-corrected chi connectivity index (χ0v) is 19.2. The molecule has 0 saturated carbocycles. The molecule has 0 radical (unpaired) electrons. The van der Waals surface area contributed by atoms with Crippen LogP contribution in [0.15, 0.2) is 47.4 Å². The third kappa shape index (κ3) is 6.60. The van der Waals surface area contributed by atoms with Crippen LogP contribution in [0.4, 0.5) is 5.69 Å². The number of nitrogens with one attached hydrogen (secondary N) is 1. The molecule has 0 atom stereocenters. The van der Waals surface area contributed by atoms with Gasteiger partial charge in [-0.2, -0.15) is 0 Å². The maximum atomic E-state index is 13.5. The van der Waals surface area contributed by atoms with Gasteiger partial charge in [0.25, 0.3) is 10.0 Å². The summed E-state index contributed by atoms with van der Waals surface area (Å²) >= 11 is 0. The molecule has 0 aliphatic rings. The standard InChI is InChI=1S/C22H30N2O6S/c1-5-30-14-6-13-23-22(25)16-24(20-12-9-18(28-3)15-21(20)29-4)31(26,27)19-10-7-17(2)8-11-19/h7-12,15H,5-6,13-14,16H2,1-4H3,(H,23,25). The smallest absolute Gasteiger partial charge is 0.264 e. The van der Waals surface area contributed by atoms with E-state index in [-0.39, 0.29) is 16.3 Å². The van der Waals surface area contributed by atoms with E-state index in [2.05, 4.69) is 5.32 Å². The van der Waals surface area contributed by atoms with Gasteiger partial charge in [0.1, 0.15) is 18.0 Å². The Hall–Kier alpha value is -2.78.